The van der Waals surface area contributed by atoms with E-state index in [2.05, 4.69) is 217 Å². The first kappa shape index (κ1) is 33.5. The van der Waals surface area contributed by atoms with Gasteiger partial charge in [-0.1, -0.05) is 175 Å². The van der Waals surface area contributed by atoms with Gasteiger partial charge in [-0.25, -0.2) is 0 Å². The Kier molecular flexibility index (Phi) is 7.08. The predicted molar refractivity (Wildman–Crippen MR) is 244 cm³/mol. The van der Waals surface area contributed by atoms with Gasteiger partial charge in [-0.3, -0.25) is 0 Å². The molecule has 13 rings (SSSR count). The minimum Gasteiger partial charge on any atom is -0.310 e. The van der Waals surface area contributed by atoms with Crippen molar-refractivity contribution in [2.24, 2.45) is 0 Å². The molecule has 0 radical (unpaired) electrons. The lowest BCUT2D eigenvalue weighted by Gasteiger charge is -2.40. The summed E-state index contributed by atoms with van der Waals surface area (Å²) in [6.45, 7) is 0. The third kappa shape index (κ3) is 4.39. The van der Waals surface area contributed by atoms with Crippen molar-refractivity contribution in [1.82, 2.24) is 0 Å². The molecule has 0 aromatic heterocycles. The van der Waals surface area contributed by atoms with E-state index in [1.807, 2.05) is 23.5 Å². The standard InChI is InChI=1S/C56H35NS2/c1-2-16-36(17-3-1)57(37-31-33-45-42(34-37)40-19-5-7-21-44(40)55(45)46-22-8-12-26-51(46)58-52-27-13-9-23-47(52)55)38-30-32-41-39-18-4-6-20-43(39)56(50(41)35-38)48-24-10-14-28-53(48)59-54-29-15-11-25-49(54)56/h1-35H. The van der Waals surface area contributed by atoms with Gasteiger partial charge in [0.2, 0.25) is 0 Å². The van der Waals surface area contributed by atoms with Crippen molar-refractivity contribution in [1.29, 1.82) is 0 Å². The maximum atomic E-state index is 2.50. The molecule has 2 aliphatic heterocycles. The van der Waals surface area contributed by atoms with Crippen LogP contribution in [0.3, 0.4) is 0 Å². The number of fused-ring (bicyclic) bond motifs is 18. The smallest absolute Gasteiger partial charge is 0.0736 e. The molecule has 2 spiro atoms. The highest BCUT2D eigenvalue weighted by Crippen LogP contribution is 2.64. The molecule has 1 nitrogen and oxygen atoms in total. The SMILES string of the molecule is c1ccc(N(c2ccc3c(c2)-c2ccccc2C32c3ccccc3Sc3ccccc32)c2ccc3c(c2)C2(c4ccccc4Sc4ccccc42)c2ccccc2-3)cc1. The summed E-state index contributed by atoms with van der Waals surface area (Å²) in [4.78, 5) is 7.74. The van der Waals surface area contributed by atoms with Crippen molar-refractivity contribution in [3.05, 3.63) is 257 Å². The Morgan fingerprint density at radius 2 is 0.627 bits per heavy atom. The zero-order chi connectivity index (χ0) is 38.7. The van der Waals surface area contributed by atoms with Gasteiger partial charge in [0.1, 0.15) is 0 Å². The molecule has 9 aromatic rings. The number of nitrogens with zero attached hydrogens (tertiary/aromatic N) is 1. The van der Waals surface area contributed by atoms with Crippen LogP contribution in [0.4, 0.5) is 17.1 Å². The summed E-state index contributed by atoms with van der Waals surface area (Å²) in [5, 5.41) is 0. The van der Waals surface area contributed by atoms with Crippen molar-refractivity contribution < 1.29 is 0 Å². The molecule has 0 unspecified atom stereocenters. The monoisotopic (exact) mass is 785 g/mol. The number of para-hydroxylation sites is 1. The number of hydrogen-bond acceptors (Lipinski definition) is 3. The van der Waals surface area contributed by atoms with Gasteiger partial charge in [0.15, 0.2) is 0 Å². The molecule has 276 valence electrons. The summed E-state index contributed by atoms with van der Waals surface area (Å²) in [6, 6.07) is 79.8. The highest BCUT2D eigenvalue weighted by Gasteiger charge is 2.52. The van der Waals surface area contributed by atoms with E-state index in [0.29, 0.717) is 0 Å². The average Bonchev–Trinajstić information content (AvgIpc) is 3.75. The predicted octanol–water partition coefficient (Wildman–Crippen LogP) is 14.8. The number of benzene rings is 9. The minimum atomic E-state index is -0.453. The number of hydrogen-bond donors (Lipinski definition) is 0. The second-order valence-corrected chi connectivity index (χ2v) is 18.1. The Morgan fingerprint density at radius 3 is 1.17 bits per heavy atom. The third-order valence-electron chi connectivity index (χ3n) is 13.2. The first-order valence-corrected chi connectivity index (χ1v) is 22.0. The molecule has 0 atom stereocenters. The zero-order valence-corrected chi connectivity index (χ0v) is 33.6. The summed E-state index contributed by atoms with van der Waals surface area (Å²) < 4.78 is 0. The Balaban J connectivity index is 1.07. The molecule has 3 heteroatoms. The largest absolute Gasteiger partial charge is 0.310 e. The van der Waals surface area contributed by atoms with Crippen LogP contribution in [0.5, 0.6) is 0 Å². The van der Waals surface area contributed by atoms with Crippen molar-refractivity contribution >= 4 is 40.6 Å². The van der Waals surface area contributed by atoms with Gasteiger partial charge in [-0.05, 0) is 127 Å². The first-order chi connectivity index (χ1) is 29.3. The second kappa shape index (κ2) is 12.5. The van der Waals surface area contributed by atoms with Crippen molar-refractivity contribution in [2.45, 2.75) is 30.4 Å². The van der Waals surface area contributed by atoms with Crippen LogP contribution in [0.1, 0.15) is 44.5 Å². The third-order valence-corrected chi connectivity index (χ3v) is 15.5. The second-order valence-electron chi connectivity index (χ2n) is 15.9. The lowest BCUT2D eigenvalue weighted by molar-refractivity contribution is 0.722. The molecule has 4 aliphatic rings. The fourth-order valence-corrected chi connectivity index (χ4v) is 13.4. The Morgan fingerprint density at radius 1 is 0.254 bits per heavy atom. The van der Waals surface area contributed by atoms with Crippen LogP contribution in [-0.2, 0) is 10.8 Å². The van der Waals surface area contributed by atoms with E-state index in [9.17, 15) is 0 Å². The molecule has 0 fully saturated rings. The highest BCUT2D eigenvalue weighted by atomic mass is 32.2. The van der Waals surface area contributed by atoms with Gasteiger partial charge in [0.05, 0.1) is 10.8 Å². The van der Waals surface area contributed by atoms with E-state index in [4.69, 9.17) is 0 Å². The van der Waals surface area contributed by atoms with E-state index in [0.717, 1.165) is 17.1 Å². The van der Waals surface area contributed by atoms with Crippen molar-refractivity contribution in [3.8, 4) is 22.3 Å². The average molecular weight is 786 g/mol. The maximum Gasteiger partial charge on any atom is 0.0736 e. The Bertz CT molecular complexity index is 3110. The molecular weight excluding hydrogens is 751 g/mol. The highest BCUT2D eigenvalue weighted by molar-refractivity contribution is 7.99. The van der Waals surface area contributed by atoms with Crippen LogP contribution < -0.4 is 4.90 Å². The van der Waals surface area contributed by atoms with Gasteiger partial charge in [0, 0.05) is 36.6 Å². The van der Waals surface area contributed by atoms with Gasteiger partial charge in [-0.15, -0.1) is 0 Å². The summed E-state index contributed by atoms with van der Waals surface area (Å²) in [5.74, 6) is 0. The molecule has 0 N–H and O–H groups in total. The normalized spacial score (nSPS) is 14.9. The molecule has 9 aromatic carbocycles. The molecule has 2 heterocycles. The summed E-state index contributed by atoms with van der Waals surface area (Å²) in [7, 11) is 0. The lowest BCUT2D eigenvalue weighted by atomic mass is 9.67. The van der Waals surface area contributed by atoms with Crippen LogP contribution in [0.2, 0.25) is 0 Å². The molecule has 0 bridgehead atoms. The summed E-state index contributed by atoms with van der Waals surface area (Å²) >= 11 is 3.78. The van der Waals surface area contributed by atoms with Crippen LogP contribution in [-0.4, -0.2) is 0 Å². The van der Waals surface area contributed by atoms with Gasteiger partial charge >= 0.3 is 0 Å². The quantitative estimate of drug-likeness (QED) is 0.176. The topological polar surface area (TPSA) is 3.24 Å². The van der Waals surface area contributed by atoms with Crippen LogP contribution in [0, 0.1) is 0 Å². The van der Waals surface area contributed by atoms with Gasteiger partial charge in [0.25, 0.3) is 0 Å². The van der Waals surface area contributed by atoms with Gasteiger partial charge < -0.3 is 4.90 Å². The van der Waals surface area contributed by atoms with Gasteiger partial charge in [-0.2, -0.15) is 0 Å². The molecule has 0 saturated carbocycles. The fourth-order valence-electron chi connectivity index (χ4n) is 11.0. The fraction of sp³-hybridized carbons (Fsp3) is 0.0357. The van der Waals surface area contributed by atoms with E-state index < -0.39 is 10.8 Å². The van der Waals surface area contributed by atoms with Crippen LogP contribution >= 0.6 is 23.5 Å². The molecular formula is C56H35NS2. The number of anilines is 3. The van der Waals surface area contributed by atoms with Crippen molar-refractivity contribution in [2.75, 3.05) is 4.90 Å². The zero-order valence-electron chi connectivity index (χ0n) is 32.0. The summed E-state index contributed by atoms with van der Waals surface area (Å²) in [6.07, 6.45) is 0. The van der Waals surface area contributed by atoms with E-state index in [1.54, 1.807) is 0 Å². The molecule has 0 saturated heterocycles. The number of rotatable bonds is 3. The minimum absolute atomic E-state index is 0.411. The molecule has 59 heavy (non-hydrogen) atoms. The Hall–Kier alpha value is -6.52. The van der Waals surface area contributed by atoms with Crippen molar-refractivity contribution in [3.63, 3.8) is 0 Å². The Labute approximate surface area is 353 Å². The molecule has 0 amide bonds. The lowest BCUT2D eigenvalue weighted by Crippen LogP contribution is -2.32. The maximum absolute atomic E-state index is 2.50. The summed E-state index contributed by atoms with van der Waals surface area (Å²) in [5.41, 5.74) is 18.5. The van der Waals surface area contributed by atoms with E-state index in [-0.39, 0.29) is 0 Å². The van der Waals surface area contributed by atoms with Crippen LogP contribution in [0.25, 0.3) is 22.3 Å². The van der Waals surface area contributed by atoms with E-state index >= 15 is 0 Å². The first-order valence-electron chi connectivity index (χ1n) is 20.3. The van der Waals surface area contributed by atoms with E-state index in [1.165, 1.54) is 86.3 Å². The van der Waals surface area contributed by atoms with Crippen LogP contribution in [0.15, 0.2) is 232 Å². The molecule has 2 aliphatic carbocycles.